The number of aromatic nitrogens is 1. The molecule has 0 aliphatic rings. The molecular formula is C19H30N2O5S. The van der Waals surface area contributed by atoms with E-state index in [1.54, 1.807) is 18.0 Å². The van der Waals surface area contributed by atoms with E-state index in [2.05, 4.69) is 11.6 Å². The summed E-state index contributed by atoms with van der Waals surface area (Å²) in [6, 6.07) is -0.174. The van der Waals surface area contributed by atoms with Crippen LogP contribution >= 0.6 is 11.3 Å². The molecule has 0 radical (unpaired) electrons. The predicted molar refractivity (Wildman–Crippen MR) is 105 cm³/mol. The number of carboxylic acids is 1. The van der Waals surface area contributed by atoms with E-state index in [-0.39, 0.29) is 17.7 Å². The topological polar surface area (TPSA) is 89.0 Å². The highest BCUT2D eigenvalue weighted by molar-refractivity contribution is 7.09. The Bertz CT molecular complexity index is 651. The number of amides is 1. The van der Waals surface area contributed by atoms with Crippen molar-refractivity contribution in [2.75, 3.05) is 13.7 Å². The van der Waals surface area contributed by atoms with Crippen LogP contribution in [0.15, 0.2) is 18.0 Å². The largest absolute Gasteiger partial charge is 0.476 e. The zero-order valence-corrected chi connectivity index (χ0v) is 17.7. The van der Waals surface area contributed by atoms with Crippen molar-refractivity contribution in [3.63, 3.8) is 0 Å². The van der Waals surface area contributed by atoms with Crippen LogP contribution in [0, 0.1) is 5.92 Å². The van der Waals surface area contributed by atoms with Gasteiger partial charge in [-0.05, 0) is 26.7 Å². The summed E-state index contributed by atoms with van der Waals surface area (Å²) < 4.78 is 11.3. The molecule has 8 heteroatoms. The van der Waals surface area contributed by atoms with Gasteiger partial charge in [0.1, 0.15) is 16.7 Å². The van der Waals surface area contributed by atoms with Gasteiger partial charge in [-0.3, -0.25) is 0 Å². The van der Waals surface area contributed by atoms with E-state index >= 15 is 0 Å². The van der Waals surface area contributed by atoms with Gasteiger partial charge >= 0.3 is 12.1 Å². The minimum Gasteiger partial charge on any atom is -0.476 e. The molecule has 0 bridgehead atoms. The number of ether oxygens (including phenoxy) is 2. The van der Waals surface area contributed by atoms with E-state index in [4.69, 9.17) is 14.6 Å². The fourth-order valence-corrected chi connectivity index (χ4v) is 3.38. The maximum Gasteiger partial charge on any atom is 0.410 e. The number of carboxylic acid groups (broad SMARTS) is 1. The Morgan fingerprint density at radius 2 is 2.04 bits per heavy atom. The van der Waals surface area contributed by atoms with Crippen LogP contribution in [-0.2, 0) is 9.47 Å². The Morgan fingerprint density at radius 1 is 1.41 bits per heavy atom. The molecule has 27 heavy (non-hydrogen) atoms. The van der Waals surface area contributed by atoms with Crippen molar-refractivity contribution in [1.29, 1.82) is 0 Å². The second kappa shape index (κ2) is 9.85. The summed E-state index contributed by atoms with van der Waals surface area (Å²) in [5.74, 6) is -0.942. The van der Waals surface area contributed by atoms with Crippen LogP contribution in [0.25, 0.3) is 0 Å². The fourth-order valence-electron chi connectivity index (χ4n) is 2.52. The van der Waals surface area contributed by atoms with Crippen LogP contribution < -0.4 is 0 Å². The Kier molecular flexibility index (Phi) is 8.43. The molecule has 0 saturated carbocycles. The van der Waals surface area contributed by atoms with Crippen molar-refractivity contribution >= 4 is 23.4 Å². The fraction of sp³-hybridized carbons (Fsp3) is 0.632. The van der Waals surface area contributed by atoms with Crippen molar-refractivity contribution in [3.05, 3.63) is 28.7 Å². The average molecular weight is 399 g/mol. The lowest BCUT2D eigenvalue weighted by Gasteiger charge is -2.34. The molecule has 7 nitrogen and oxygen atoms in total. The second-order valence-electron chi connectivity index (χ2n) is 7.63. The standard InChI is InChI=1S/C19H30N2O5S/c1-8-9-25-15(16-20-13(11-27-16)17(22)23)10-14(12(2)3)21(7)18(24)26-19(4,5)6/h8,11-12,14-15H,1,9-10H2,2-7H3,(H,22,23)/t14-,15-/m1/s1. The first-order valence-electron chi connectivity index (χ1n) is 8.83. The van der Waals surface area contributed by atoms with E-state index in [1.165, 1.54) is 16.7 Å². The number of hydrogen-bond acceptors (Lipinski definition) is 6. The number of carbonyl (C=O) groups excluding carboxylic acids is 1. The molecule has 1 aromatic heterocycles. The summed E-state index contributed by atoms with van der Waals surface area (Å²) in [6.07, 6.45) is 1.24. The smallest absolute Gasteiger partial charge is 0.410 e. The number of aromatic carboxylic acids is 1. The van der Waals surface area contributed by atoms with Crippen molar-refractivity contribution in [1.82, 2.24) is 9.88 Å². The Balaban J connectivity index is 3.03. The first-order valence-corrected chi connectivity index (χ1v) is 9.71. The van der Waals surface area contributed by atoms with Crippen molar-refractivity contribution < 1.29 is 24.2 Å². The highest BCUT2D eigenvalue weighted by Crippen LogP contribution is 2.30. The van der Waals surface area contributed by atoms with Gasteiger partial charge in [0.05, 0.1) is 6.61 Å². The average Bonchev–Trinajstić information content (AvgIpc) is 3.02. The molecule has 1 rings (SSSR count). The van der Waals surface area contributed by atoms with Gasteiger partial charge < -0.3 is 19.5 Å². The summed E-state index contributed by atoms with van der Waals surface area (Å²) in [5, 5.41) is 11.2. The summed E-state index contributed by atoms with van der Waals surface area (Å²) in [7, 11) is 1.70. The molecule has 0 fully saturated rings. The quantitative estimate of drug-likeness (QED) is 0.622. The molecule has 0 spiro atoms. The van der Waals surface area contributed by atoms with Crippen LogP contribution in [0.4, 0.5) is 4.79 Å². The van der Waals surface area contributed by atoms with Crippen molar-refractivity contribution in [2.24, 2.45) is 5.92 Å². The highest BCUT2D eigenvalue weighted by Gasteiger charge is 2.31. The third kappa shape index (κ3) is 7.30. The molecule has 0 unspecified atom stereocenters. The van der Waals surface area contributed by atoms with Crippen molar-refractivity contribution in [2.45, 2.75) is 58.8 Å². The summed E-state index contributed by atoms with van der Waals surface area (Å²) in [6.45, 7) is 13.4. The van der Waals surface area contributed by atoms with E-state index in [1.807, 2.05) is 34.6 Å². The number of rotatable bonds is 9. The van der Waals surface area contributed by atoms with E-state index < -0.39 is 23.8 Å². The normalized spacial score (nSPS) is 13.9. The predicted octanol–water partition coefficient (Wildman–Crippen LogP) is 4.37. The summed E-state index contributed by atoms with van der Waals surface area (Å²) >= 11 is 1.23. The number of hydrogen-bond donors (Lipinski definition) is 1. The zero-order chi connectivity index (χ0) is 20.8. The SMILES string of the molecule is C=CCO[C@H](C[C@H](C(C)C)N(C)C(=O)OC(C)(C)C)c1nc(C(=O)O)cs1. The molecule has 1 amide bonds. The lowest BCUT2D eigenvalue weighted by atomic mass is 9.96. The molecule has 1 heterocycles. The lowest BCUT2D eigenvalue weighted by molar-refractivity contribution is 0.00155. The molecule has 0 aliphatic heterocycles. The minimum atomic E-state index is -1.08. The van der Waals surface area contributed by atoms with Gasteiger partial charge in [0.2, 0.25) is 0 Å². The molecule has 0 saturated heterocycles. The van der Waals surface area contributed by atoms with Gasteiger partial charge in [0.15, 0.2) is 5.69 Å². The minimum absolute atomic E-state index is 0.0104. The van der Waals surface area contributed by atoms with E-state index in [9.17, 15) is 9.59 Å². The van der Waals surface area contributed by atoms with Gasteiger partial charge in [-0.15, -0.1) is 17.9 Å². The molecule has 0 aliphatic carbocycles. The molecule has 1 N–H and O–H groups in total. The van der Waals surface area contributed by atoms with Crippen molar-refractivity contribution in [3.8, 4) is 0 Å². The molecule has 0 aromatic carbocycles. The maximum absolute atomic E-state index is 12.5. The first-order chi connectivity index (χ1) is 12.5. The van der Waals surface area contributed by atoms with E-state index in [0.717, 1.165) is 0 Å². The lowest BCUT2D eigenvalue weighted by Crippen LogP contribution is -2.44. The number of carbonyl (C=O) groups is 2. The molecule has 1 aromatic rings. The third-order valence-corrected chi connectivity index (χ3v) is 4.77. The van der Waals surface area contributed by atoms with Gasteiger partial charge in [0.25, 0.3) is 0 Å². The van der Waals surface area contributed by atoms with Crippen LogP contribution in [0.3, 0.4) is 0 Å². The Labute approximate surface area is 165 Å². The summed E-state index contributed by atoms with van der Waals surface area (Å²) in [5.41, 5.74) is -0.596. The molecule has 152 valence electrons. The first kappa shape index (κ1) is 23.1. The maximum atomic E-state index is 12.5. The van der Waals surface area contributed by atoms with Gasteiger partial charge in [0, 0.05) is 24.9 Å². The van der Waals surface area contributed by atoms with Crippen LogP contribution in [0.2, 0.25) is 0 Å². The van der Waals surface area contributed by atoms with Gasteiger partial charge in [-0.25, -0.2) is 14.6 Å². The summed E-state index contributed by atoms with van der Waals surface area (Å²) in [4.78, 5) is 29.4. The monoisotopic (exact) mass is 398 g/mol. The van der Waals surface area contributed by atoms with Crippen LogP contribution in [0.1, 0.15) is 62.6 Å². The second-order valence-corrected chi connectivity index (χ2v) is 8.51. The molecular weight excluding hydrogens is 368 g/mol. The number of nitrogens with zero attached hydrogens (tertiary/aromatic N) is 2. The van der Waals surface area contributed by atoms with Crippen LogP contribution in [0.5, 0.6) is 0 Å². The van der Waals surface area contributed by atoms with Crippen LogP contribution in [-0.4, -0.2) is 52.4 Å². The number of thiazole rings is 1. The van der Waals surface area contributed by atoms with E-state index in [0.29, 0.717) is 18.0 Å². The molecule has 2 atom stereocenters. The Hall–Kier alpha value is -1.93. The van der Waals surface area contributed by atoms with Gasteiger partial charge in [-0.2, -0.15) is 0 Å². The Morgan fingerprint density at radius 3 is 2.48 bits per heavy atom. The zero-order valence-electron chi connectivity index (χ0n) is 16.9. The highest BCUT2D eigenvalue weighted by atomic mass is 32.1. The third-order valence-electron chi connectivity index (χ3n) is 3.84. The van der Waals surface area contributed by atoms with Gasteiger partial charge in [-0.1, -0.05) is 19.9 Å².